The second-order valence-electron chi connectivity index (χ2n) is 4.28. The van der Waals surface area contributed by atoms with E-state index in [0.717, 1.165) is 4.47 Å². The molecule has 0 heterocycles. The molecule has 0 spiro atoms. The Morgan fingerprint density at radius 3 is 2.78 bits per heavy atom. The number of halogens is 2. The van der Waals surface area contributed by atoms with Gasteiger partial charge in [0.15, 0.2) is 0 Å². The van der Waals surface area contributed by atoms with Gasteiger partial charge < -0.3 is 9.84 Å². The van der Waals surface area contributed by atoms with Crippen molar-refractivity contribution in [3.8, 4) is 5.75 Å². The van der Waals surface area contributed by atoms with E-state index in [4.69, 9.17) is 21.4 Å². The summed E-state index contributed by atoms with van der Waals surface area (Å²) in [5.74, 6) is -0.218. The zero-order chi connectivity index (χ0) is 13.8. The number of hydrogen-bond acceptors (Lipinski definition) is 3. The Labute approximate surface area is 119 Å². The molecule has 18 heavy (non-hydrogen) atoms. The van der Waals surface area contributed by atoms with Gasteiger partial charge in [-0.15, -0.1) is 0 Å². The van der Waals surface area contributed by atoms with Gasteiger partial charge >= 0.3 is 5.97 Å². The second kappa shape index (κ2) is 6.41. The van der Waals surface area contributed by atoms with E-state index in [1.165, 1.54) is 0 Å². The third-order valence-electron chi connectivity index (χ3n) is 2.36. The second-order valence-corrected chi connectivity index (χ2v) is 5.57. The molecular weight excluding hydrogens is 321 g/mol. The average molecular weight is 337 g/mol. The zero-order valence-corrected chi connectivity index (χ0v) is 12.5. The topological polar surface area (TPSA) is 58.6 Å². The minimum absolute atomic E-state index is 0.372. The number of ether oxygens (including phenoxy) is 1. The molecule has 0 bridgehead atoms. The van der Waals surface area contributed by atoms with Crippen LogP contribution in [-0.4, -0.2) is 29.8 Å². The molecule has 6 heteroatoms. The summed E-state index contributed by atoms with van der Waals surface area (Å²) in [5.41, 5.74) is -0.958. The van der Waals surface area contributed by atoms with Gasteiger partial charge in [-0.25, -0.2) is 0 Å². The van der Waals surface area contributed by atoms with Crippen LogP contribution in [0.5, 0.6) is 5.75 Å². The lowest BCUT2D eigenvalue weighted by Gasteiger charge is -2.21. The van der Waals surface area contributed by atoms with Crippen molar-refractivity contribution in [3.63, 3.8) is 0 Å². The molecule has 1 aromatic rings. The molecular formula is C12H15BrClNO3. The van der Waals surface area contributed by atoms with Gasteiger partial charge in [-0.2, -0.15) is 0 Å². The van der Waals surface area contributed by atoms with Crippen LogP contribution in [0.3, 0.4) is 0 Å². The smallest absolute Gasteiger partial charge is 0.323 e. The third-order valence-corrected chi connectivity index (χ3v) is 3.21. The van der Waals surface area contributed by atoms with Gasteiger partial charge in [-0.1, -0.05) is 11.6 Å². The van der Waals surface area contributed by atoms with Crippen molar-refractivity contribution >= 4 is 33.5 Å². The van der Waals surface area contributed by atoms with Crippen LogP contribution in [0.15, 0.2) is 22.7 Å². The quantitative estimate of drug-likeness (QED) is 0.784. The van der Waals surface area contributed by atoms with Crippen LogP contribution in [0.2, 0.25) is 5.02 Å². The molecule has 0 fully saturated rings. The Hall–Kier alpha value is -0.780. The summed E-state index contributed by atoms with van der Waals surface area (Å²) in [6, 6.07) is 5.23. The normalized spacial score (nSPS) is 11.3. The minimum atomic E-state index is -0.958. The Balaban J connectivity index is 2.41. The number of rotatable bonds is 6. The molecule has 1 rings (SSSR count). The maximum Gasteiger partial charge on any atom is 0.323 e. The number of carboxylic acid groups (broad SMARTS) is 1. The number of aliphatic carboxylic acids is 1. The Morgan fingerprint density at radius 1 is 1.56 bits per heavy atom. The van der Waals surface area contributed by atoms with Crippen LogP contribution < -0.4 is 10.1 Å². The fraction of sp³-hybridized carbons (Fsp3) is 0.417. The minimum Gasteiger partial charge on any atom is -0.491 e. The van der Waals surface area contributed by atoms with Crippen molar-refractivity contribution in [2.24, 2.45) is 0 Å². The predicted octanol–water partition coefficient (Wildman–Crippen LogP) is 2.93. The van der Waals surface area contributed by atoms with Crippen molar-refractivity contribution in [2.75, 3.05) is 13.2 Å². The van der Waals surface area contributed by atoms with Gasteiger partial charge in [0.2, 0.25) is 0 Å². The average Bonchev–Trinajstić information content (AvgIpc) is 2.26. The van der Waals surface area contributed by atoms with E-state index in [1.807, 2.05) is 0 Å². The first-order valence-corrected chi connectivity index (χ1v) is 6.56. The highest BCUT2D eigenvalue weighted by atomic mass is 79.9. The first-order valence-electron chi connectivity index (χ1n) is 5.39. The maximum absolute atomic E-state index is 10.9. The molecule has 0 radical (unpaired) electrons. The maximum atomic E-state index is 10.9. The number of carbonyl (C=O) groups is 1. The van der Waals surface area contributed by atoms with Crippen molar-refractivity contribution < 1.29 is 14.6 Å². The van der Waals surface area contributed by atoms with Crippen LogP contribution in [0.1, 0.15) is 13.8 Å². The van der Waals surface area contributed by atoms with Gasteiger partial charge in [0.1, 0.15) is 17.9 Å². The van der Waals surface area contributed by atoms with Crippen LogP contribution in [0.4, 0.5) is 0 Å². The lowest BCUT2D eigenvalue weighted by Crippen LogP contribution is -2.48. The largest absolute Gasteiger partial charge is 0.491 e. The van der Waals surface area contributed by atoms with E-state index in [-0.39, 0.29) is 0 Å². The van der Waals surface area contributed by atoms with Gasteiger partial charge in [0.25, 0.3) is 0 Å². The third kappa shape index (κ3) is 4.48. The monoisotopic (exact) mass is 335 g/mol. The first kappa shape index (κ1) is 15.3. The predicted molar refractivity (Wildman–Crippen MR) is 74.4 cm³/mol. The van der Waals surface area contributed by atoms with Crippen LogP contribution >= 0.6 is 27.5 Å². The molecule has 1 aromatic carbocycles. The molecule has 0 aliphatic rings. The summed E-state index contributed by atoms with van der Waals surface area (Å²) in [7, 11) is 0. The summed E-state index contributed by atoms with van der Waals surface area (Å²) in [6.07, 6.45) is 0. The summed E-state index contributed by atoms with van der Waals surface area (Å²) >= 11 is 9.15. The Morgan fingerprint density at radius 2 is 2.22 bits per heavy atom. The number of hydrogen-bond donors (Lipinski definition) is 2. The van der Waals surface area contributed by atoms with Crippen molar-refractivity contribution in [1.82, 2.24) is 5.32 Å². The van der Waals surface area contributed by atoms with Gasteiger partial charge in [0, 0.05) is 11.6 Å². The lowest BCUT2D eigenvalue weighted by molar-refractivity contribution is -0.143. The molecule has 4 nitrogen and oxygen atoms in total. The highest BCUT2D eigenvalue weighted by Crippen LogP contribution is 2.27. The zero-order valence-electron chi connectivity index (χ0n) is 10.2. The summed E-state index contributed by atoms with van der Waals surface area (Å²) in [5, 5.41) is 12.4. The van der Waals surface area contributed by atoms with E-state index < -0.39 is 11.5 Å². The first-order chi connectivity index (χ1) is 8.33. The van der Waals surface area contributed by atoms with E-state index in [1.54, 1.807) is 32.0 Å². The van der Waals surface area contributed by atoms with Crippen molar-refractivity contribution in [1.29, 1.82) is 0 Å². The highest BCUT2D eigenvalue weighted by Gasteiger charge is 2.25. The van der Waals surface area contributed by atoms with E-state index in [9.17, 15) is 4.79 Å². The standard InChI is InChI=1S/C12H15BrClNO3/c1-12(2,11(16)17)15-5-6-18-10-4-3-8(14)7-9(10)13/h3-4,7,15H,5-6H2,1-2H3,(H,16,17). The molecule has 2 N–H and O–H groups in total. The van der Waals surface area contributed by atoms with Gasteiger partial charge in [-0.3, -0.25) is 10.1 Å². The molecule has 0 atom stereocenters. The molecule has 0 amide bonds. The summed E-state index contributed by atoms with van der Waals surface area (Å²) in [4.78, 5) is 10.9. The molecule has 0 aliphatic carbocycles. The van der Waals surface area contributed by atoms with Crippen molar-refractivity contribution in [2.45, 2.75) is 19.4 Å². The molecule has 0 unspecified atom stereocenters. The molecule has 0 aromatic heterocycles. The number of benzene rings is 1. The SMILES string of the molecule is CC(C)(NCCOc1ccc(Cl)cc1Br)C(=O)O. The lowest BCUT2D eigenvalue weighted by atomic mass is 10.1. The fourth-order valence-corrected chi connectivity index (χ4v) is 1.99. The van der Waals surface area contributed by atoms with Crippen LogP contribution in [0, 0.1) is 0 Å². The summed E-state index contributed by atoms with van der Waals surface area (Å²) in [6.45, 7) is 4.02. The number of carboxylic acids is 1. The highest BCUT2D eigenvalue weighted by molar-refractivity contribution is 9.10. The summed E-state index contributed by atoms with van der Waals surface area (Å²) < 4.78 is 6.28. The number of nitrogens with one attached hydrogen (secondary N) is 1. The fourth-order valence-electron chi connectivity index (χ4n) is 1.19. The molecule has 0 saturated carbocycles. The molecule has 0 saturated heterocycles. The molecule has 0 aliphatic heterocycles. The Kier molecular flexibility index (Phi) is 5.44. The van der Waals surface area contributed by atoms with Crippen molar-refractivity contribution in [3.05, 3.63) is 27.7 Å². The Bertz CT molecular complexity index is 437. The van der Waals surface area contributed by atoms with Gasteiger partial charge in [-0.05, 0) is 48.0 Å². The van der Waals surface area contributed by atoms with Crippen LogP contribution in [0.25, 0.3) is 0 Å². The molecule has 100 valence electrons. The van der Waals surface area contributed by atoms with Crippen LogP contribution in [-0.2, 0) is 4.79 Å². The van der Waals surface area contributed by atoms with E-state index in [2.05, 4.69) is 21.2 Å². The van der Waals surface area contributed by atoms with Gasteiger partial charge in [0.05, 0.1) is 4.47 Å². The van der Waals surface area contributed by atoms with E-state index >= 15 is 0 Å². The van der Waals surface area contributed by atoms with E-state index in [0.29, 0.717) is 23.9 Å².